The normalized spacial score (nSPS) is 17.8. The number of rotatable bonds is 4. The zero-order valence-corrected chi connectivity index (χ0v) is 14.6. The predicted molar refractivity (Wildman–Crippen MR) is 92.3 cm³/mol. The Labute approximate surface area is 143 Å². The van der Waals surface area contributed by atoms with Crippen LogP contribution < -0.4 is 10.6 Å². The van der Waals surface area contributed by atoms with Gasteiger partial charge in [-0.3, -0.25) is 4.21 Å². The number of aryl methyl sites for hydroxylation is 2. The molecule has 3 rings (SSSR count). The van der Waals surface area contributed by atoms with Crippen molar-refractivity contribution in [2.75, 3.05) is 11.6 Å². The second-order valence-electron chi connectivity index (χ2n) is 5.74. The summed E-state index contributed by atoms with van der Waals surface area (Å²) in [5, 5.41) is 10.2. The fourth-order valence-corrected chi connectivity index (χ4v) is 3.33. The number of nitrogens with zero attached hydrogens (tertiary/aromatic N) is 3. The molecule has 0 radical (unpaired) electrons. The Morgan fingerprint density at radius 3 is 3.04 bits per heavy atom. The first kappa shape index (κ1) is 16.6. The summed E-state index contributed by atoms with van der Waals surface area (Å²) in [6, 6.07) is 6.60. The number of amides is 2. The number of carbonyl (C=O) groups is 1. The van der Waals surface area contributed by atoms with E-state index in [4.69, 9.17) is 0 Å². The van der Waals surface area contributed by atoms with Gasteiger partial charge in [0.1, 0.15) is 5.82 Å². The molecule has 1 aliphatic heterocycles. The molecule has 0 unspecified atom stereocenters. The fraction of sp³-hybridized carbons (Fsp3) is 0.438. The van der Waals surface area contributed by atoms with E-state index >= 15 is 0 Å². The number of nitrogens with one attached hydrogen (secondary N) is 2. The minimum Gasteiger partial charge on any atom is -0.328 e. The quantitative estimate of drug-likeness (QED) is 0.888. The van der Waals surface area contributed by atoms with Crippen LogP contribution in [0.15, 0.2) is 29.2 Å². The molecule has 0 aliphatic carbocycles. The summed E-state index contributed by atoms with van der Waals surface area (Å²) >= 11 is 0. The Kier molecular flexibility index (Phi) is 4.94. The number of aromatic nitrogens is 3. The monoisotopic (exact) mass is 347 g/mol. The van der Waals surface area contributed by atoms with Crippen LogP contribution in [0.5, 0.6) is 0 Å². The van der Waals surface area contributed by atoms with Crippen molar-refractivity contribution in [3.05, 3.63) is 35.9 Å². The molecular formula is C16H21N5O2S. The van der Waals surface area contributed by atoms with Crippen LogP contribution >= 0.6 is 0 Å². The van der Waals surface area contributed by atoms with Gasteiger partial charge in [0.15, 0.2) is 5.82 Å². The van der Waals surface area contributed by atoms with Crippen LogP contribution in [0, 0.1) is 0 Å². The van der Waals surface area contributed by atoms with Gasteiger partial charge in [-0.25, -0.2) is 14.5 Å². The van der Waals surface area contributed by atoms with Gasteiger partial charge in [-0.1, -0.05) is 13.0 Å². The summed E-state index contributed by atoms with van der Waals surface area (Å²) in [6.45, 7) is 2.85. The average Bonchev–Trinajstić information content (AvgIpc) is 2.99. The van der Waals surface area contributed by atoms with E-state index in [1.807, 2.05) is 11.6 Å². The maximum atomic E-state index is 12.3. The van der Waals surface area contributed by atoms with Crippen molar-refractivity contribution in [1.29, 1.82) is 0 Å². The van der Waals surface area contributed by atoms with E-state index in [-0.39, 0.29) is 12.1 Å². The number of hydrogen-bond donors (Lipinski definition) is 2. The highest BCUT2D eigenvalue weighted by Gasteiger charge is 2.25. The lowest BCUT2D eigenvalue weighted by molar-refractivity contribution is 0.244. The summed E-state index contributed by atoms with van der Waals surface area (Å²) in [4.78, 5) is 17.5. The highest BCUT2D eigenvalue weighted by Crippen LogP contribution is 2.23. The number of urea groups is 1. The second-order valence-corrected chi connectivity index (χ2v) is 7.12. The molecule has 8 heteroatoms. The molecule has 7 nitrogen and oxygen atoms in total. The summed E-state index contributed by atoms with van der Waals surface area (Å²) in [6.07, 6.45) is 4.18. The first-order valence-corrected chi connectivity index (χ1v) is 9.57. The molecule has 1 aromatic carbocycles. The molecule has 2 N–H and O–H groups in total. The Hall–Kier alpha value is -2.22. The predicted octanol–water partition coefficient (Wildman–Crippen LogP) is 2.23. The Morgan fingerprint density at radius 2 is 2.29 bits per heavy atom. The molecule has 0 saturated heterocycles. The lowest BCUT2D eigenvalue weighted by Crippen LogP contribution is -2.36. The topological polar surface area (TPSA) is 88.9 Å². The third kappa shape index (κ3) is 3.64. The van der Waals surface area contributed by atoms with Crippen LogP contribution in [0.25, 0.3) is 0 Å². The molecule has 0 saturated carbocycles. The molecule has 0 fully saturated rings. The van der Waals surface area contributed by atoms with Crippen molar-refractivity contribution >= 4 is 22.5 Å². The van der Waals surface area contributed by atoms with Gasteiger partial charge in [0.25, 0.3) is 0 Å². The van der Waals surface area contributed by atoms with Crippen molar-refractivity contribution in [1.82, 2.24) is 20.1 Å². The van der Waals surface area contributed by atoms with Gasteiger partial charge in [-0.05, 0) is 31.0 Å². The Bertz CT molecular complexity index is 774. The van der Waals surface area contributed by atoms with E-state index < -0.39 is 10.8 Å². The molecule has 2 heterocycles. The van der Waals surface area contributed by atoms with Crippen LogP contribution in [-0.2, 0) is 23.8 Å². The number of carbonyl (C=O) groups excluding carboxylic acids is 1. The van der Waals surface area contributed by atoms with E-state index in [9.17, 15) is 9.00 Å². The van der Waals surface area contributed by atoms with Gasteiger partial charge in [0.05, 0.1) is 6.04 Å². The minimum atomic E-state index is -1.08. The maximum absolute atomic E-state index is 12.3. The van der Waals surface area contributed by atoms with Crippen LogP contribution in [0.1, 0.15) is 37.5 Å². The number of anilines is 1. The van der Waals surface area contributed by atoms with E-state index in [2.05, 4.69) is 20.7 Å². The first-order chi connectivity index (χ1) is 11.6. The summed E-state index contributed by atoms with van der Waals surface area (Å²) in [7, 11) is -1.08. The number of benzene rings is 1. The third-order valence-corrected chi connectivity index (χ3v) is 4.88. The molecular weight excluding hydrogens is 326 g/mol. The molecule has 0 spiro atoms. The van der Waals surface area contributed by atoms with Gasteiger partial charge >= 0.3 is 6.03 Å². The van der Waals surface area contributed by atoms with Crippen molar-refractivity contribution in [3.8, 4) is 0 Å². The van der Waals surface area contributed by atoms with Crippen molar-refractivity contribution in [2.24, 2.45) is 0 Å². The average molecular weight is 347 g/mol. The van der Waals surface area contributed by atoms with Gasteiger partial charge in [-0.15, -0.1) is 0 Å². The number of hydrogen-bond acceptors (Lipinski definition) is 4. The molecule has 0 bridgehead atoms. The van der Waals surface area contributed by atoms with Crippen LogP contribution in [0.3, 0.4) is 0 Å². The molecule has 2 aromatic rings. The second kappa shape index (κ2) is 7.12. The van der Waals surface area contributed by atoms with Crippen molar-refractivity contribution in [2.45, 2.75) is 43.7 Å². The largest absolute Gasteiger partial charge is 0.328 e. The van der Waals surface area contributed by atoms with E-state index in [1.165, 1.54) is 0 Å². The molecule has 1 aliphatic rings. The zero-order chi connectivity index (χ0) is 17.1. The van der Waals surface area contributed by atoms with Crippen molar-refractivity contribution in [3.63, 3.8) is 0 Å². The fourth-order valence-electron chi connectivity index (χ4n) is 2.76. The minimum absolute atomic E-state index is 0.143. The third-order valence-electron chi connectivity index (χ3n) is 3.96. The van der Waals surface area contributed by atoms with Crippen LogP contribution in [-0.4, -0.2) is 31.3 Å². The Balaban J connectivity index is 1.69. The summed E-state index contributed by atoms with van der Waals surface area (Å²) in [5.41, 5.74) is 0.617. The highest BCUT2D eigenvalue weighted by molar-refractivity contribution is 7.84. The summed E-state index contributed by atoms with van der Waals surface area (Å²) in [5.74, 6) is 1.62. The maximum Gasteiger partial charge on any atom is 0.319 e. The molecule has 2 atom stereocenters. The molecule has 24 heavy (non-hydrogen) atoms. The van der Waals surface area contributed by atoms with Crippen LogP contribution in [0.4, 0.5) is 10.5 Å². The summed E-state index contributed by atoms with van der Waals surface area (Å²) < 4.78 is 13.4. The molecule has 128 valence electrons. The SMILES string of the molecule is CCc1nc2n(n1)CCC[C@H]2NC(=O)Nc1cccc([S@@](C)=O)c1. The van der Waals surface area contributed by atoms with Crippen LogP contribution in [0.2, 0.25) is 0 Å². The van der Waals surface area contributed by atoms with E-state index in [0.717, 1.165) is 37.5 Å². The first-order valence-electron chi connectivity index (χ1n) is 8.01. The zero-order valence-electron chi connectivity index (χ0n) is 13.8. The lowest BCUT2D eigenvalue weighted by Gasteiger charge is -2.23. The van der Waals surface area contributed by atoms with Gasteiger partial charge < -0.3 is 10.6 Å². The van der Waals surface area contributed by atoms with Gasteiger partial charge in [0, 0.05) is 40.6 Å². The van der Waals surface area contributed by atoms with E-state index in [0.29, 0.717) is 10.6 Å². The van der Waals surface area contributed by atoms with E-state index in [1.54, 1.807) is 30.5 Å². The lowest BCUT2D eigenvalue weighted by atomic mass is 10.1. The highest BCUT2D eigenvalue weighted by atomic mass is 32.2. The Morgan fingerprint density at radius 1 is 1.46 bits per heavy atom. The van der Waals surface area contributed by atoms with Gasteiger partial charge in [0.2, 0.25) is 0 Å². The van der Waals surface area contributed by atoms with Crippen molar-refractivity contribution < 1.29 is 9.00 Å². The van der Waals surface area contributed by atoms with Gasteiger partial charge in [-0.2, -0.15) is 5.10 Å². The number of fused-ring (bicyclic) bond motifs is 1. The standard InChI is InChI=1S/C16H21N5O2S/c1-3-14-19-15-13(8-5-9-21(15)20-14)18-16(22)17-11-6-4-7-12(10-11)24(2)23/h4,6-7,10,13H,3,5,8-9H2,1-2H3,(H2,17,18,22)/t13-,24-/m1/s1. The molecule has 1 aromatic heterocycles. The molecule has 2 amide bonds. The smallest absolute Gasteiger partial charge is 0.319 e.